The van der Waals surface area contributed by atoms with E-state index in [-0.39, 0.29) is 12.4 Å². The van der Waals surface area contributed by atoms with Crippen LogP contribution < -0.4 is 5.69 Å². The largest absolute Gasteiger partial charge is 0.415 e. The Morgan fingerprint density at radius 3 is 2.44 bits per heavy atom. The number of nitrogens with zero attached hydrogens (tertiary/aromatic N) is 6. The van der Waals surface area contributed by atoms with Crippen LogP contribution in [0.3, 0.4) is 0 Å². The van der Waals surface area contributed by atoms with Crippen molar-refractivity contribution < 1.29 is 22.3 Å². The van der Waals surface area contributed by atoms with Gasteiger partial charge in [-0.3, -0.25) is 19.4 Å². The van der Waals surface area contributed by atoms with Gasteiger partial charge in [0.05, 0.1) is 48.1 Å². The Morgan fingerprint density at radius 2 is 1.80 bits per heavy atom. The molecule has 4 aromatic heterocycles. The maximum atomic E-state index is 14.8. The Kier molecular flexibility index (Phi) is 7.61. The molecule has 10 nitrogen and oxygen atoms in total. The molecule has 41 heavy (non-hydrogen) atoms. The third-order valence-electron chi connectivity index (χ3n) is 7.15. The number of nitrogens with one attached hydrogen (secondary N) is 1. The van der Waals surface area contributed by atoms with Gasteiger partial charge in [0.2, 0.25) is 5.89 Å². The average molecular weight is 566 g/mol. The number of fused-ring (bicyclic) bond motifs is 1. The molecule has 0 atom stereocenters. The highest BCUT2D eigenvalue weighted by molar-refractivity contribution is 5.82. The maximum Gasteiger partial charge on any atom is 0.326 e. The van der Waals surface area contributed by atoms with Crippen molar-refractivity contribution in [1.82, 2.24) is 34.6 Å². The monoisotopic (exact) mass is 565 g/mol. The molecule has 1 N–H and O–H groups in total. The molecule has 0 saturated carbocycles. The third kappa shape index (κ3) is 5.77. The van der Waals surface area contributed by atoms with Crippen LogP contribution in [0.25, 0.3) is 33.6 Å². The summed E-state index contributed by atoms with van der Waals surface area (Å²) < 4.78 is 51.4. The van der Waals surface area contributed by atoms with Gasteiger partial charge in [0, 0.05) is 30.2 Å². The smallest absolute Gasteiger partial charge is 0.326 e. The predicted octanol–water partition coefficient (Wildman–Crippen LogP) is 4.44. The standard InChI is InChI=1S/C21H13F3N6O2.C7H13NO/c22-15-8-17-16(7-14(15)11-3-5-25-6-4-11)27-21(31)30(17)10-13-2-1-12(9-26-13)19-28-29-20(32-19)18(23)24;1-2-4-8(3-1)7-5-9-6-7/h1-9,18H,10H2,(H,27,31);7H,1-6H2. The summed E-state index contributed by atoms with van der Waals surface area (Å²) in [5.41, 5.74) is 2.27. The zero-order chi connectivity index (χ0) is 28.3. The SMILES string of the molecule is C1CCN(C2COC2)C1.O=c1[nH]c2cc(-c3ccncc3)c(F)cc2n1Cc1ccc(-c2nnc(C(F)F)o2)cn1. The summed E-state index contributed by atoms with van der Waals surface area (Å²) in [6, 6.07) is 10.2. The molecule has 0 aliphatic carbocycles. The number of likely N-dealkylation sites (tertiary alicyclic amines) is 1. The zero-order valence-corrected chi connectivity index (χ0v) is 21.8. The fraction of sp³-hybridized carbons (Fsp3) is 0.321. The van der Waals surface area contributed by atoms with Gasteiger partial charge in [-0.1, -0.05) is 0 Å². The molecule has 2 aliphatic rings. The normalized spacial score (nSPS) is 15.7. The quantitative estimate of drug-likeness (QED) is 0.321. The molecule has 0 spiro atoms. The molecule has 2 fully saturated rings. The minimum Gasteiger partial charge on any atom is -0.415 e. The molecule has 0 bridgehead atoms. The number of imidazole rings is 1. The number of alkyl halides is 2. The van der Waals surface area contributed by atoms with Crippen LogP contribution in [0.15, 0.2) is 64.2 Å². The summed E-state index contributed by atoms with van der Waals surface area (Å²) in [5.74, 6) is -1.34. The highest BCUT2D eigenvalue weighted by atomic mass is 19.3. The predicted molar refractivity (Wildman–Crippen MR) is 143 cm³/mol. The Balaban J connectivity index is 0.000000283. The first-order valence-electron chi connectivity index (χ1n) is 13.2. The van der Waals surface area contributed by atoms with Crippen LogP contribution in [0, 0.1) is 5.82 Å². The minimum atomic E-state index is -2.86. The Morgan fingerprint density at radius 1 is 1.02 bits per heavy atom. The number of pyridine rings is 2. The van der Waals surface area contributed by atoms with E-state index < -0.39 is 23.8 Å². The Labute approximate surface area is 231 Å². The second-order valence-corrected chi connectivity index (χ2v) is 9.82. The van der Waals surface area contributed by atoms with Crippen LogP contribution in [0.1, 0.15) is 30.9 Å². The van der Waals surface area contributed by atoms with Crippen molar-refractivity contribution in [3.63, 3.8) is 0 Å². The van der Waals surface area contributed by atoms with Crippen LogP contribution in [0.2, 0.25) is 0 Å². The molecule has 2 aliphatic heterocycles. The van der Waals surface area contributed by atoms with Gasteiger partial charge in [-0.2, -0.15) is 8.78 Å². The first kappa shape index (κ1) is 26.8. The zero-order valence-electron chi connectivity index (χ0n) is 21.8. The van der Waals surface area contributed by atoms with E-state index in [2.05, 4.69) is 30.0 Å². The van der Waals surface area contributed by atoms with Crippen molar-refractivity contribution in [2.75, 3.05) is 26.3 Å². The topological polar surface area (TPSA) is 115 Å². The van der Waals surface area contributed by atoms with Crippen LogP contribution in [-0.2, 0) is 11.3 Å². The fourth-order valence-electron chi connectivity index (χ4n) is 4.87. The summed E-state index contributed by atoms with van der Waals surface area (Å²) in [6.07, 6.45) is 4.43. The van der Waals surface area contributed by atoms with E-state index in [1.165, 1.54) is 42.8 Å². The number of halogens is 3. The number of aromatic amines is 1. The van der Waals surface area contributed by atoms with Crippen molar-refractivity contribution in [2.24, 2.45) is 0 Å². The van der Waals surface area contributed by atoms with Gasteiger partial charge in [-0.05, 0) is 61.8 Å². The Hall–Kier alpha value is -4.36. The average Bonchev–Trinajstić information content (AvgIpc) is 3.71. The second kappa shape index (κ2) is 11.6. The highest BCUT2D eigenvalue weighted by Crippen LogP contribution is 2.27. The summed E-state index contributed by atoms with van der Waals surface area (Å²) in [5, 5.41) is 6.84. The number of aromatic nitrogens is 6. The second-order valence-electron chi connectivity index (χ2n) is 9.82. The number of H-pyrrole nitrogens is 1. The highest BCUT2D eigenvalue weighted by Gasteiger charge is 2.27. The third-order valence-corrected chi connectivity index (χ3v) is 7.15. The lowest BCUT2D eigenvalue weighted by Crippen LogP contribution is -2.47. The molecule has 2 saturated heterocycles. The number of hydrogen-bond donors (Lipinski definition) is 1. The van der Waals surface area contributed by atoms with E-state index in [9.17, 15) is 18.0 Å². The fourth-order valence-corrected chi connectivity index (χ4v) is 4.87. The Bertz CT molecular complexity index is 1680. The van der Waals surface area contributed by atoms with Gasteiger partial charge >= 0.3 is 12.1 Å². The van der Waals surface area contributed by atoms with Crippen molar-refractivity contribution in [1.29, 1.82) is 0 Å². The lowest BCUT2D eigenvalue weighted by atomic mass is 10.1. The van der Waals surface area contributed by atoms with Crippen LogP contribution in [0.5, 0.6) is 0 Å². The molecular formula is C28H26F3N7O3. The lowest BCUT2D eigenvalue weighted by Gasteiger charge is -2.34. The van der Waals surface area contributed by atoms with E-state index in [0.29, 0.717) is 33.4 Å². The molecule has 1 aromatic carbocycles. The lowest BCUT2D eigenvalue weighted by molar-refractivity contribution is -0.0569. The minimum absolute atomic E-state index is 0.0687. The molecule has 0 amide bonds. The van der Waals surface area contributed by atoms with E-state index in [0.717, 1.165) is 19.3 Å². The molecule has 7 rings (SSSR count). The van der Waals surface area contributed by atoms with E-state index in [1.807, 2.05) is 0 Å². The first-order chi connectivity index (χ1) is 20.0. The van der Waals surface area contributed by atoms with E-state index in [1.54, 1.807) is 42.7 Å². The van der Waals surface area contributed by atoms with E-state index in [4.69, 9.17) is 9.15 Å². The molecule has 6 heterocycles. The summed E-state index contributed by atoms with van der Waals surface area (Å²) >= 11 is 0. The molecule has 0 radical (unpaired) electrons. The number of hydrogen-bond acceptors (Lipinski definition) is 8. The summed E-state index contributed by atoms with van der Waals surface area (Å²) in [6.45, 7) is 4.67. The molecular weight excluding hydrogens is 539 g/mol. The molecule has 0 unspecified atom stereocenters. The molecule has 212 valence electrons. The number of benzene rings is 1. The summed E-state index contributed by atoms with van der Waals surface area (Å²) in [7, 11) is 0. The van der Waals surface area contributed by atoms with Crippen molar-refractivity contribution in [2.45, 2.75) is 31.9 Å². The molecule has 13 heteroatoms. The van der Waals surface area contributed by atoms with Gasteiger partial charge in [0.15, 0.2) is 0 Å². The van der Waals surface area contributed by atoms with Crippen LogP contribution in [-0.4, -0.2) is 67.0 Å². The van der Waals surface area contributed by atoms with E-state index >= 15 is 0 Å². The van der Waals surface area contributed by atoms with Gasteiger partial charge in [-0.15, -0.1) is 10.2 Å². The van der Waals surface area contributed by atoms with Gasteiger partial charge in [0.1, 0.15) is 5.82 Å². The summed E-state index contributed by atoms with van der Waals surface area (Å²) in [4.78, 5) is 25.9. The first-order valence-corrected chi connectivity index (χ1v) is 13.2. The van der Waals surface area contributed by atoms with Gasteiger partial charge in [-0.25, -0.2) is 9.18 Å². The maximum absolute atomic E-state index is 14.8. The number of rotatable bonds is 6. The van der Waals surface area contributed by atoms with Crippen LogP contribution in [0.4, 0.5) is 13.2 Å². The number of ether oxygens (including phenoxy) is 1. The van der Waals surface area contributed by atoms with Gasteiger partial charge in [0.25, 0.3) is 5.89 Å². The van der Waals surface area contributed by atoms with Gasteiger partial charge < -0.3 is 14.1 Å². The van der Waals surface area contributed by atoms with Crippen molar-refractivity contribution >= 4 is 11.0 Å². The van der Waals surface area contributed by atoms with Crippen molar-refractivity contribution in [3.8, 4) is 22.6 Å². The van der Waals surface area contributed by atoms with Crippen LogP contribution >= 0.6 is 0 Å². The molecule has 5 aromatic rings. The van der Waals surface area contributed by atoms with Crippen molar-refractivity contribution in [3.05, 3.63) is 82.9 Å².